The van der Waals surface area contributed by atoms with E-state index in [-0.39, 0.29) is 18.2 Å². The van der Waals surface area contributed by atoms with E-state index in [1.165, 1.54) is 11.8 Å². The number of rotatable bonds is 8. The summed E-state index contributed by atoms with van der Waals surface area (Å²) in [7, 11) is 0. The number of carbonyl (C=O) groups is 4. The van der Waals surface area contributed by atoms with E-state index in [2.05, 4.69) is 16.0 Å². The number of carbonyl (C=O) groups excluding carboxylic acids is 4. The molecule has 8 nitrogen and oxygen atoms in total. The molecule has 1 aromatic rings. The quantitative estimate of drug-likeness (QED) is 0.569. The average molecular weight is 393 g/mol. The number of hydrogen-bond donors (Lipinski definition) is 3. The van der Waals surface area contributed by atoms with Gasteiger partial charge in [0.25, 0.3) is 5.91 Å². The van der Waals surface area contributed by atoms with Gasteiger partial charge >= 0.3 is 5.97 Å². The van der Waals surface area contributed by atoms with Crippen molar-refractivity contribution in [2.24, 2.45) is 0 Å². The van der Waals surface area contributed by atoms with Crippen LogP contribution in [0, 0.1) is 0 Å². The van der Waals surface area contributed by atoms with Gasteiger partial charge in [0.15, 0.2) is 6.61 Å². The third-order valence-corrected chi connectivity index (χ3v) is 5.02. The predicted octanol–water partition coefficient (Wildman–Crippen LogP) is 1.06. The van der Waals surface area contributed by atoms with Gasteiger partial charge in [0.05, 0.1) is 17.4 Å². The number of para-hydroxylation sites is 1. The summed E-state index contributed by atoms with van der Waals surface area (Å²) in [5.41, 5.74) is 0.715. The van der Waals surface area contributed by atoms with Crippen LogP contribution in [0.2, 0.25) is 0 Å². The highest BCUT2D eigenvalue weighted by Gasteiger charge is 2.29. The lowest BCUT2D eigenvalue weighted by Crippen LogP contribution is -2.46. The molecule has 1 aliphatic heterocycles. The Bertz CT molecular complexity index is 725. The Morgan fingerprint density at radius 1 is 1.30 bits per heavy atom. The van der Waals surface area contributed by atoms with Gasteiger partial charge in [-0.2, -0.15) is 0 Å². The van der Waals surface area contributed by atoms with Gasteiger partial charge < -0.3 is 20.7 Å². The molecule has 0 saturated carbocycles. The van der Waals surface area contributed by atoms with E-state index in [1.807, 2.05) is 25.1 Å². The van der Waals surface area contributed by atoms with Gasteiger partial charge in [0.1, 0.15) is 6.04 Å². The van der Waals surface area contributed by atoms with Gasteiger partial charge in [-0.1, -0.05) is 19.1 Å². The van der Waals surface area contributed by atoms with Crippen molar-refractivity contribution in [2.75, 3.05) is 18.5 Å². The van der Waals surface area contributed by atoms with E-state index in [0.717, 1.165) is 11.3 Å². The van der Waals surface area contributed by atoms with Crippen molar-refractivity contribution in [1.29, 1.82) is 0 Å². The van der Waals surface area contributed by atoms with Gasteiger partial charge in [-0.25, -0.2) is 0 Å². The van der Waals surface area contributed by atoms with Gasteiger partial charge in [-0.3, -0.25) is 19.2 Å². The van der Waals surface area contributed by atoms with Crippen LogP contribution in [0.5, 0.6) is 0 Å². The fourth-order valence-corrected chi connectivity index (χ4v) is 3.43. The molecule has 27 heavy (non-hydrogen) atoms. The van der Waals surface area contributed by atoms with Crippen LogP contribution in [0.15, 0.2) is 29.2 Å². The molecule has 146 valence electrons. The molecule has 2 atom stereocenters. The molecule has 0 unspecified atom stereocenters. The van der Waals surface area contributed by atoms with Crippen LogP contribution in [0.4, 0.5) is 5.69 Å². The van der Waals surface area contributed by atoms with Crippen LogP contribution < -0.4 is 16.0 Å². The Morgan fingerprint density at radius 2 is 2.04 bits per heavy atom. The van der Waals surface area contributed by atoms with Crippen LogP contribution in [-0.2, 0) is 23.9 Å². The number of thioether (sulfide) groups is 1. The summed E-state index contributed by atoms with van der Waals surface area (Å²) >= 11 is 1.28. The van der Waals surface area contributed by atoms with Crippen molar-refractivity contribution in [1.82, 2.24) is 10.6 Å². The molecule has 2 rings (SSSR count). The lowest BCUT2D eigenvalue weighted by Gasteiger charge is -2.23. The standard InChI is InChI=1S/C18H23N3O5S/c1-3-8-19-17(24)11(2)20-15(22)10-26-16(23)9-14-18(25)21-12-6-4-5-7-13(12)27-14/h4-7,11,14H,3,8-10H2,1-2H3,(H,19,24)(H,20,22)(H,21,25)/t11-,14+/m1/s1. The maximum atomic E-state index is 12.1. The Hall–Kier alpha value is -2.55. The second kappa shape index (κ2) is 9.96. The van der Waals surface area contributed by atoms with Crippen LogP contribution >= 0.6 is 11.8 Å². The monoisotopic (exact) mass is 393 g/mol. The Kier molecular flexibility index (Phi) is 7.66. The summed E-state index contributed by atoms with van der Waals surface area (Å²) in [6.45, 7) is 3.50. The molecule has 1 aromatic carbocycles. The number of ether oxygens (including phenoxy) is 1. The molecule has 3 amide bonds. The van der Waals surface area contributed by atoms with Crippen molar-refractivity contribution < 1.29 is 23.9 Å². The first kappa shape index (κ1) is 20.8. The van der Waals surface area contributed by atoms with Gasteiger partial charge in [0, 0.05) is 11.4 Å². The fourth-order valence-electron chi connectivity index (χ4n) is 2.33. The summed E-state index contributed by atoms with van der Waals surface area (Å²) in [4.78, 5) is 48.4. The molecular weight excluding hydrogens is 370 g/mol. The highest BCUT2D eigenvalue weighted by Crippen LogP contribution is 2.36. The Morgan fingerprint density at radius 3 is 2.78 bits per heavy atom. The second-order valence-electron chi connectivity index (χ2n) is 6.04. The molecule has 0 fully saturated rings. The van der Waals surface area contributed by atoms with E-state index >= 15 is 0 Å². The highest BCUT2D eigenvalue weighted by molar-refractivity contribution is 8.01. The topological polar surface area (TPSA) is 114 Å². The van der Waals surface area contributed by atoms with E-state index in [9.17, 15) is 19.2 Å². The minimum atomic E-state index is -0.723. The largest absolute Gasteiger partial charge is 0.456 e. The smallest absolute Gasteiger partial charge is 0.307 e. The molecular formula is C18H23N3O5S. The van der Waals surface area contributed by atoms with Gasteiger partial charge in [0.2, 0.25) is 11.8 Å². The molecule has 0 spiro atoms. The van der Waals surface area contributed by atoms with Crippen molar-refractivity contribution >= 4 is 41.1 Å². The SMILES string of the molecule is CCCNC(=O)[C@@H](C)NC(=O)COC(=O)C[C@@H]1Sc2ccccc2NC1=O. The Balaban J connectivity index is 1.75. The van der Waals surface area contributed by atoms with Crippen LogP contribution in [0.25, 0.3) is 0 Å². The fraction of sp³-hybridized carbons (Fsp3) is 0.444. The minimum absolute atomic E-state index is 0.148. The van der Waals surface area contributed by atoms with Crippen molar-refractivity contribution in [3.05, 3.63) is 24.3 Å². The Labute approximate surface area is 161 Å². The number of fused-ring (bicyclic) bond motifs is 1. The van der Waals surface area contributed by atoms with E-state index in [1.54, 1.807) is 13.0 Å². The molecule has 3 N–H and O–H groups in total. The maximum Gasteiger partial charge on any atom is 0.307 e. The molecule has 1 aliphatic rings. The van der Waals surface area contributed by atoms with E-state index < -0.39 is 29.8 Å². The van der Waals surface area contributed by atoms with Crippen LogP contribution in [-0.4, -0.2) is 48.1 Å². The third kappa shape index (κ3) is 6.28. The second-order valence-corrected chi connectivity index (χ2v) is 7.28. The number of esters is 1. The molecule has 0 bridgehead atoms. The molecule has 0 saturated heterocycles. The first-order valence-electron chi connectivity index (χ1n) is 8.70. The first-order valence-corrected chi connectivity index (χ1v) is 9.58. The predicted molar refractivity (Wildman–Crippen MR) is 101 cm³/mol. The zero-order valence-electron chi connectivity index (χ0n) is 15.2. The minimum Gasteiger partial charge on any atom is -0.456 e. The molecule has 0 aliphatic carbocycles. The number of nitrogens with one attached hydrogen (secondary N) is 3. The van der Waals surface area contributed by atoms with Gasteiger partial charge in [-0.05, 0) is 25.5 Å². The summed E-state index contributed by atoms with van der Waals surface area (Å²) in [5, 5.41) is 7.25. The summed E-state index contributed by atoms with van der Waals surface area (Å²) in [6.07, 6.45) is 0.645. The van der Waals surface area contributed by atoms with Crippen molar-refractivity contribution in [2.45, 2.75) is 42.9 Å². The average Bonchev–Trinajstić information content (AvgIpc) is 2.65. The van der Waals surface area contributed by atoms with E-state index in [4.69, 9.17) is 4.74 Å². The first-order chi connectivity index (χ1) is 12.9. The highest BCUT2D eigenvalue weighted by atomic mass is 32.2. The third-order valence-electron chi connectivity index (χ3n) is 3.74. The number of amides is 3. The van der Waals surface area contributed by atoms with Gasteiger partial charge in [-0.15, -0.1) is 11.8 Å². The molecule has 1 heterocycles. The zero-order chi connectivity index (χ0) is 19.8. The van der Waals surface area contributed by atoms with Crippen LogP contribution in [0.3, 0.4) is 0 Å². The normalized spacial score (nSPS) is 16.5. The summed E-state index contributed by atoms with van der Waals surface area (Å²) in [6, 6.07) is 6.59. The molecule has 0 radical (unpaired) electrons. The molecule has 9 heteroatoms. The van der Waals surface area contributed by atoms with Crippen LogP contribution in [0.1, 0.15) is 26.7 Å². The molecule has 0 aromatic heterocycles. The maximum absolute atomic E-state index is 12.1. The summed E-state index contributed by atoms with van der Waals surface area (Å²) in [5.74, 6) is -1.80. The number of hydrogen-bond acceptors (Lipinski definition) is 6. The van der Waals surface area contributed by atoms with Crippen molar-refractivity contribution in [3.63, 3.8) is 0 Å². The summed E-state index contributed by atoms with van der Waals surface area (Å²) < 4.78 is 4.93. The van der Waals surface area contributed by atoms with E-state index in [0.29, 0.717) is 12.2 Å². The number of anilines is 1. The lowest BCUT2D eigenvalue weighted by atomic mass is 10.2. The number of benzene rings is 1. The lowest BCUT2D eigenvalue weighted by molar-refractivity contribution is -0.149. The van der Waals surface area contributed by atoms with Crippen molar-refractivity contribution in [3.8, 4) is 0 Å². The zero-order valence-corrected chi connectivity index (χ0v) is 16.1.